The Morgan fingerprint density at radius 2 is 1.62 bits per heavy atom. The van der Waals surface area contributed by atoms with E-state index in [2.05, 4.69) is 0 Å². The molecule has 3 aromatic carbocycles. The number of fused-ring (bicyclic) bond motifs is 2. The van der Waals surface area contributed by atoms with Crippen LogP contribution >= 0.6 is 0 Å². The van der Waals surface area contributed by atoms with Crippen molar-refractivity contribution in [3.63, 3.8) is 0 Å². The first-order valence-electron chi connectivity index (χ1n) is 12.5. The number of anilines is 1. The minimum absolute atomic E-state index is 0.145. The number of ether oxygens (including phenoxy) is 1. The third-order valence-corrected chi connectivity index (χ3v) is 6.80. The average Bonchev–Trinajstić information content (AvgIpc) is 2.93. The Morgan fingerprint density at radius 1 is 0.872 bits per heavy atom. The van der Waals surface area contributed by atoms with Crippen molar-refractivity contribution in [3.05, 3.63) is 100 Å². The molecule has 0 aromatic heterocycles. The van der Waals surface area contributed by atoms with Crippen molar-refractivity contribution in [1.82, 2.24) is 4.90 Å². The topological polar surface area (TPSA) is 80.1 Å². The van der Waals surface area contributed by atoms with Crippen LogP contribution in [0.1, 0.15) is 11.1 Å². The molecule has 7 nitrogen and oxygen atoms in total. The van der Waals surface area contributed by atoms with Crippen LogP contribution in [0.5, 0.6) is 5.75 Å². The monoisotopic (exact) mass is 518 g/mol. The Balaban J connectivity index is 1.68. The van der Waals surface area contributed by atoms with Gasteiger partial charge >= 0.3 is 185 Å². The van der Waals surface area contributed by atoms with Gasteiger partial charge in [-0.15, -0.1) is 0 Å². The van der Waals surface area contributed by atoms with Gasteiger partial charge in [-0.1, -0.05) is 6.07 Å². The first kappa shape index (κ1) is 26.1. The van der Waals surface area contributed by atoms with E-state index in [1.165, 1.54) is 6.07 Å². The van der Waals surface area contributed by atoms with Crippen molar-refractivity contribution in [2.24, 2.45) is 0 Å². The summed E-state index contributed by atoms with van der Waals surface area (Å²) in [6.07, 6.45) is 0. The third kappa shape index (κ3) is 5.24. The number of carbonyl (C=O) groups is 1. The summed E-state index contributed by atoms with van der Waals surface area (Å²) in [5.74, 6) is 0.852. The van der Waals surface area contributed by atoms with Crippen molar-refractivity contribution in [3.8, 4) is 28.2 Å². The molecule has 0 atom stereocenters. The van der Waals surface area contributed by atoms with Crippen LogP contribution < -0.4 is 20.5 Å². The van der Waals surface area contributed by atoms with Crippen LogP contribution in [-0.4, -0.2) is 39.7 Å². The zero-order valence-electron chi connectivity index (χ0n) is 22.0. The molecule has 3 aromatic rings. The Kier molecular flexibility index (Phi) is 7.39. The normalized spacial score (nSPS) is 11.1. The quantitative estimate of drug-likeness (QED) is 0.162. The molecule has 194 valence electrons. The number of hydrogen-bond donors (Lipinski definition) is 0. The van der Waals surface area contributed by atoms with Crippen molar-refractivity contribution >= 4 is 35.7 Å². The molecule has 0 radical (unpaired) electrons. The van der Waals surface area contributed by atoms with Gasteiger partial charge in [-0.25, -0.2) is 0 Å². The second kappa shape index (κ2) is 11.1. The third-order valence-electron chi connectivity index (χ3n) is 6.80. The first-order chi connectivity index (χ1) is 18.9. The van der Waals surface area contributed by atoms with Crippen LogP contribution in [0.15, 0.2) is 88.1 Å². The molecule has 0 amide bonds. The Bertz CT molecular complexity index is 1710. The molecular weight excluding hydrogens is 491 g/mol. The summed E-state index contributed by atoms with van der Waals surface area (Å²) in [6.45, 7) is 1.28. The molecule has 5 rings (SSSR count). The summed E-state index contributed by atoms with van der Waals surface area (Å²) in [5.41, 5.74) is 5.78. The Labute approximate surface area is 226 Å². The van der Waals surface area contributed by atoms with Crippen molar-refractivity contribution in [1.29, 1.82) is 0 Å². The van der Waals surface area contributed by atoms with E-state index in [0.29, 0.717) is 53.2 Å². The number of nitrogens with zero attached hydrogens (tertiary/aromatic N) is 2. The Morgan fingerprint density at radius 3 is 2.38 bits per heavy atom. The number of carbonyl (C=O) groups excluding carboxylic acids is 1. The van der Waals surface area contributed by atoms with Gasteiger partial charge in [-0.05, 0) is 0 Å². The number of hydrogen-bond acceptors (Lipinski definition) is 7. The van der Waals surface area contributed by atoms with Crippen LogP contribution in [0.25, 0.3) is 33.4 Å². The second-order valence-corrected chi connectivity index (χ2v) is 9.71. The number of rotatable bonds is 9. The predicted molar refractivity (Wildman–Crippen MR) is 153 cm³/mol. The fourth-order valence-corrected chi connectivity index (χ4v) is 4.90. The summed E-state index contributed by atoms with van der Waals surface area (Å²) < 4.78 is 23.1. The van der Waals surface area contributed by atoms with Crippen LogP contribution in [0.3, 0.4) is 0 Å². The van der Waals surface area contributed by atoms with Gasteiger partial charge in [-0.3, -0.25) is 4.79 Å². The molecule has 2 aliphatic rings. The summed E-state index contributed by atoms with van der Waals surface area (Å²) in [4.78, 5) is 28.5. The van der Waals surface area contributed by atoms with Gasteiger partial charge in [0.05, 0.1) is 0 Å². The van der Waals surface area contributed by atoms with Gasteiger partial charge in [0.2, 0.25) is 0 Å². The molecular formula is C31H27BN2O5. The second-order valence-electron chi connectivity index (χ2n) is 9.71. The molecule has 0 saturated carbocycles. The van der Waals surface area contributed by atoms with Crippen LogP contribution in [0.4, 0.5) is 5.69 Å². The van der Waals surface area contributed by atoms with Crippen LogP contribution in [0, 0.1) is 0 Å². The SMILES string of the molecule is CN(Cc1ccccc1B=O)Cc1cc2c(-c3ccccc3OC=O)c3ccc(N(C)C)cc3oc-2cc1=O. The summed E-state index contributed by atoms with van der Waals surface area (Å²) in [7, 11) is 6.65. The Hall–Kier alpha value is -4.56. The first-order valence-corrected chi connectivity index (χ1v) is 12.5. The fraction of sp³-hybridized carbons (Fsp3) is 0.161. The zero-order valence-corrected chi connectivity index (χ0v) is 22.0. The number of para-hydroxylation sites is 1. The molecule has 0 fully saturated rings. The van der Waals surface area contributed by atoms with E-state index in [-0.39, 0.29) is 5.43 Å². The molecule has 0 bridgehead atoms. The molecule has 0 unspecified atom stereocenters. The molecule has 0 spiro atoms. The van der Waals surface area contributed by atoms with E-state index >= 15 is 0 Å². The van der Waals surface area contributed by atoms with Gasteiger partial charge in [0, 0.05) is 19.8 Å². The molecule has 1 aliphatic heterocycles. The van der Waals surface area contributed by atoms with Gasteiger partial charge in [-0.2, -0.15) is 0 Å². The van der Waals surface area contributed by atoms with E-state index in [1.807, 2.05) is 85.5 Å². The van der Waals surface area contributed by atoms with Gasteiger partial charge < -0.3 is 4.90 Å². The summed E-state index contributed by atoms with van der Waals surface area (Å²) in [6, 6.07) is 24.0. The zero-order chi connectivity index (χ0) is 27.5. The molecule has 1 aliphatic carbocycles. The number of benzene rings is 4. The van der Waals surface area contributed by atoms with Gasteiger partial charge in [0.15, 0.2) is 0 Å². The average molecular weight is 518 g/mol. The minimum atomic E-state index is -0.145. The standard InChI is InChI=1S/C31H27BN2O5/c1-33(2)22-12-13-24-29(15-22)39-30-16-27(36)21(18-34(3)17-20-8-4-6-10-26(20)32-37)14-25(30)31(24)23-9-5-7-11-28(23)38-19-35/h4-16,19H,17-18H2,1-3H3. The van der Waals surface area contributed by atoms with E-state index in [9.17, 15) is 14.3 Å². The van der Waals surface area contributed by atoms with Crippen molar-refractivity contribution in [2.45, 2.75) is 13.1 Å². The molecule has 0 N–H and O–H groups in total. The fourth-order valence-electron chi connectivity index (χ4n) is 4.90. The van der Waals surface area contributed by atoms with Crippen LogP contribution in [0.2, 0.25) is 0 Å². The van der Waals surface area contributed by atoms with Gasteiger partial charge in [0.25, 0.3) is 6.47 Å². The molecule has 8 heteroatoms. The van der Waals surface area contributed by atoms with E-state index in [0.717, 1.165) is 34.9 Å². The van der Waals surface area contributed by atoms with Crippen LogP contribution in [-0.2, 0) is 22.6 Å². The molecule has 1 heterocycles. The summed E-state index contributed by atoms with van der Waals surface area (Å²) in [5, 5.41) is 0.827. The van der Waals surface area contributed by atoms with Crippen molar-refractivity contribution in [2.75, 3.05) is 26.0 Å². The molecule has 39 heavy (non-hydrogen) atoms. The van der Waals surface area contributed by atoms with Crippen molar-refractivity contribution < 1.29 is 18.7 Å². The predicted octanol–water partition coefficient (Wildman–Crippen LogP) is 4.47. The van der Waals surface area contributed by atoms with E-state index in [4.69, 9.17) is 9.15 Å². The van der Waals surface area contributed by atoms with Gasteiger partial charge in [0.1, 0.15) is 0 Å². The maximum atomic E-state index is 13.3. The molecule has 0 saturated heterocycles. The van der Waals surface area contributed by atoms with E-state index in [1.54, 1.807) is 18.2 Å². The van der Waals surface area contributed by atoms with E-state index < -0.39 is 0 Å². The maximum absolute atomic E-state index is 13.3. The summed E-state index contributed by atoms with van der Waals surface area (Å²) >= 11 is 0.